The van der Waals surface area contributed by atoms with Crippen molar-refractivity contribution < 1.29 is 33.3 Å². The number of hydrogen-bond acceptors (Lipinski definition) is 6. The van der Waals surface area contributed by atoms with E-state index in [-0.39, 0.29) is 13.1 Å². The monoisotopic (exact) mass is 363 g/mol. The second-order valence-corrected chi connectivity index (χ2v) is 7.08. The number of carbonyl (C=O) groups is 2. The number of aliphatic hydroxyl groups excluding tert-OH is 1. The smallest absolute Gasteiger partial charge is 0.417 e. The van der Waals surface area contributed by atoms with Crippen molar-refractivity contribution in [3.63, 3.8) is 0 Å². The highest BCUT2D eigenvalue weighted by atomic mass is 19.1. The highest BCUT2D eigenvalue weighted by molar-refractivity contribution is 5.97. The molecule has 0 radical (unpaired) electrons. The Labute approximate surface area is 148 Å². The number of aliphatic hydroxyl groups is 1. The summed E-state index contributed by atoms with van der Waals surface area (Å²) in [6.45, 7) is 5.08. The molecule has 0 aromatic rings. The minimum absolute atomic E-state index is 0.136. The Morgan fingerprint density at radius 2 is 1.96 bits per heavy atom. The van der Waals surface area contributed by atoms with Crippen molar-refractivity contribution in [2.24, 2.45) is 0 Å². The van der Waals surface area contributed by atoms with Gasteiger partial charge in [0, 0.05) is 20.1 Å². The zero-order valence-electron chi connectivity index (χ0n) is 15.5. The van der Waals surface area contributed by atoms with Crippen LogP contribution in [0.2, 0.25) is 0 Å². The lowest BCUT2D eigenvalue weighted by molar-refractivity contribution is -0.144. The number of imide groups is 1. The molecular formula is C17H30FNO6. The van der Waals surface area contributed by atoms with Gasteiger partial charge in [0.2, 0.25) is 0 Å². The third-order valence-electron chi connectivity index (χ3n) is 3.81. The molecule has 0 saturated carbocycles. The van der Waals surface area contributed by atoms with E-state index in [9.17, 15) is 19.1 Å². The maximum absolute atomic E-state index is 12.5. The Hall–Kier alpha value is -1.25. The van der Waals surface area contributed by atoms with E-state index >= 15 is 0 Å². The predicted molar refractivity (Wildman–Crippen MR) is 88.7 cm³/mol. The quantitative estimate of drug-likeness (QED) is 0.500. The Morgan fingerprint density at radius 1 is 1.32 bits per heavy atom. The number of amides is 2. The Kier molecular flexibility index (Phi) is 8.75. The van der Waals surface area contributed by atoms with Crippen molar-refractivity contribution in [2.75, 3.05) is 20.4 Å². The maximum atomic E-state index is 12.5. The standard InChI is InChI=1S/C17H30FNO6/c1-17(2,3)25-16(22)19-12(15(21)23-4)11-13(14(19)20)24-10-8-6-5-7-9-18/h12-13,15,21H,5-11H2,1-4H3. The van der Waals surface area contributed by atoms with E-state index in [1.54, 1.807) is 20.8 Å². The van der Waals surface area contributed by atoms with E-state index in [2.05, 4.69) is 0 Å². The second kappa shape index (κ2) is 10.0. The van der Waals surface area contributed by atoms with Crippen LogP contribution in [0.1, 0.15) is 52.9 Å². The summed E-state index contributed by atoms with van der Waals surface area (Å²) in [5, 5.41) is 9.96. The minimum atomic E-state index is -1.31. The molecule has 3 unspecified atom stereocenters. The van der Waals surface area contributed by atoms with Gasteiger partial charge in [-0.3, -0.25) is 9.18 Å². The van der Waals surface area contributed by atoms with Crippen molar-refractivity contribution in [3.05, 3.63) is 0 Å². The van der Waals surface area contributed by atoms with Gasteiger partial charge in [-0.05, 0) is 33.6 Å². The molecule has 1 heterocycles. The summed E-state index contributed by atoms with van der Waals surface area (Å²) in [5.74, 6) is -0.542. The van der Waals surface area contributed by atoms with Gasteiger partial charge in [0.05, 0.1) is 12.7 Å². The molecule has 0 aromatic heterocycles. The average molecular weight is 363 g/mol. The van der Waals surface area contributed by atoms with Crippen LogP contribution in [0.4, 0.5) is 9.18 Å². The SMILES string of the molecule is COC(O)C1CC(OCCCCCCF)C(=O)N1C(=O)OC(C)(C)C. The van der Waals surface area contributed by atoms with Gasteiger partial charge >= 0.3 is 6.09 Å². The lowest BCUT2D eigenvalue weighted by Gasteiger charge is -2.28. The molecule has 1 N–H and O–H groups in total. The third-order valence-corrected chi connectivity index (χ3v) is 3.81. The van der Waals surface area contributed by atoms with Crippen LogP contribution < -0.4 is 0 Å². The van der Waals surface area contributed by atoms with Crippen LogP contribution in [-0.2, 0) is 19.0 Å². The lowest BCUT2D eigenvalue weighted by Crippen LogP contribution is -2.48. The number of unbranched alkanes of at least 4 members (excludes halogenated alkanes) is 3. The molecule has 7 nitrogen and oxygen atoms in total. The number of hydrogen-bond donors (Lipinski definition) is 1. The van der Waals surface area contributed by atoms with Gasteiger partial charge in [0.15, 0.2) is 6.29 Å². The van der Waals surface area contributed by atoms with Crippen LogP contribution in [0.3, 0.4) is 0 Å². The molecule has 1 aliphatic rings. The summed E-state index contributed by atoms with van der Waals surface area (Å²) in [7, 11) is 1.29. The van der Waals surface area contributed by atoms with Gasteiger partial charge in [-0.25, -0.2) is 9.69 Å². The van der Waals surface area contributed by atoms with Gasteiger partial charge in [0.1, 0.15) is 11.7 Å². The fourth-order valence-electron chi connectivity index (χ4n) is 2.60. The first kappa shape index (κ1) is 21.8. The number of methoxy groups -OCH3 is 1. The van der Waals surface area contributed by atoms with Gasteiger partial charge < -0.3 is 19.3 Å². The molecule has 25 heavy (non-hydrogen) atoms. The summed E-state index contributed by atoms with van der Waals surface area (Å²) < 4.78 is 27.7. The first-order valence-corrected chi connectivity index (χ1v) is 8.65. The molecule has 0 aliphatic carbocycles. The lowest BCUT2D eigenvalue weighted by atomic mass is 10.2. The topological polar surface area (TPSA) is 85.3 Å². The van der Waals surface area contributed by atoms with Crippen LogP contribution >= 0.6 is 0 Å². The number of carbonyl (C=O) groups excluding carboxylic acids is 2. The van der Waals surface area contributed by atoms with E-state index < -0.39 is 36.0 Å². The molecule has 2 amide bonds. The third kappa shape index (κ3) is 6.87. The van der Waals surface area contributed by atoms with Crippen molar-refractivity contribution >= 4 is 12.0 Å². The molecule has 0 spiro atoms. The average Bonchev–Trinajstić information content (AvgIpc) is 2.85. The van der Waals surface area contributed by atoms with E-state index in [4.69, 9.17) is 14.2 Å². The largest absolute Gasteiger partial charge is 0.443 e. The summed E-state index contributed by atoms with van der Waals surface area (Å²) in [6.07, 6.45) is -0.0220. The number of alkyl halides is 1. The van der Waals surface area contributed by atoms with E-state index in [0.717, 1.165) is 17.7 Å². The number of nitrogens with zero attached hydrogens (tertiary/aromatic N) is 1. The van der Waals surface area contributed by atoms with Crippen molar-refractivity contribution in [3.8, 4) is 0 Å². The Balaban J connectivity index is 2.65. The molecule has 146 valence electrons. The molecule has 1 aliphatic heterocycles. The fourth-order valence-corrected chi connectivity index (χ4v) is 2.60. The summed E-state index contributed by atoms with van der Waals surface area (Å²) in [6, 6.07) is -0.858. The maximum Gasteiger partial charge on any atom is 0.417 e. The summed E-state index contributed by atoms with van der Waals surface area (Å²) >= 11 is 0. The molecule has 1 rings (SSSR count). The highest BCUT2D eigenvalue weighted by Gasteiger charge is 2.48. The molecule has 0 aromatic carbocycles. The second-order valence-electron chi connectivity index (χ2n) is 7.08. The summed E-state index contributed by atoms with van der Waals surface area (Å²) in [5.41, 5.74) is -0.769. The van der Waals surface area contributed by atoms with Crippen molar-refractivity contribution in [1.29, 1.82) is 0 Å². The number of ether oxygens (including phenoxy) is 3. The number of halogens is 1. The first-order valence-electron chi connectivity index (χ1n) is 8.65. The fraction of sp³-hybridized carbons (Fsp3) is 0.882. The molecule has 0 bridgehead atoms. The zero-order chi connectivity index (χ0) is 19.0. The van der Waals surface area contributed by atoms with E-state index in [1.807, 2.05) is 0 Å². The molecule has 1 fully saturated rings. The minimum Gasteiger partial charge on any atom is -0.443 e. The Bertz CT molecular complexity index is 439. The Morgan fingerprint density at radius 3 is 2.52 bits per heavy atom. The van der Waals surface area contributed by atoms with Crippen LogP contribution in [0.5, 0.6) is 0 Å². The van der Waals surface area contributed by atoms with Gasteiger partial charge in [0.25, 0.3) is 5.91 Å². The van der Waals surface area contributed by atoms with Gasteiger partial charge in [-0.15, -0.1) is 0 Å². The number of rotatable bonds is 9. The molecule has 1 saturated heterocycles. The van der Waals surface area contributed by atoms with Crippen molar-refractivity contribution in [1.82, 2.24) is 4.90 Å². The van der Waals surface area contributed by atoms with Crippen molar-refractivity contribution in [2.45, 2.75) is 76.9 Å². The summed E-state index contributed by atoms with van der Waals surface area (Å²) in [4.78, 5) is 25.7. The van der Waals surface area contributed by atoms with Gasteiger partial charge in [-0.2, -0.15) is 0 Å². The molecular weight excluding hydrogens is 333 g/mol. The first-order chi connectivity index (χ1) is 11.7. The van der Waals surface area contributed by atoms with E-state index in [0.29, 0.717) is 19.4 Å². The van der Waals surface area contributed by atoms with E-state index in [1.165, 1.54) is 7.11 Å². The van der Waals surface area contributed by atoms with Crippen LogP contribution in [0.25, 0.3) is 0 Å². The zero-order valence-corrected chi connectivity index (χ0v) is 15.5. The van der Waals surface area contributed by atoms with Crippen LogP contribution in [0, 0.1) is 0 Å². The van der Waals surface area contributed by atoms with Crippen LogP contribution in [-0.4, -0.2) is 66.4 Å². The van der Waals surface area contributed by atoms with Crippen LogP contribution in [0.15, 0.2) is 0 Å². The molecule has 3 atom stereocenters. The number of likely N-dealkylation sites (tertiary alicyclic amines) is 1. The van der Waals surface area contributed by atoms with Gasteiger partial charge in [-0.1, -0.05) is 12.8 Å². The highest BCUT2D eigenvalue weighted by Crippen LogP contribution is 2.27. The molecule has 8 heteroatoms. The predicted octanol–water partition coefficient (Wildman–Crippen LogP) is 2.40. The normalized spacial score (nSPS) is 22.3.